The van der Waals surface area contributed by atoms with Crippen LogP contribution in [0, 0.1) is 0 Å². The molecule has 0 atom stereocenters. The van der Waals surface area contributed by atoms with Crippen LogP contribution in [-0.4, -0.2) is 0 Å². The lowest BCUT2D eigenvalue weighted by Crippen LogP contribution is -2.28. The third-order valence-corrected chi connectivity index (χ3v) is 14.6. The molecule has 1 aliphatic rings. The van der Waals surface area contributed by atoms with Crippen molar-refractivity contribution in [2.75, 3.05) is 14.7 Å². The van der Waals surface area contributed by atoms with E-state index in [-0.39, 0.29) is 0 Å². The molecule has 0 amide bonds. The maximum atomic E-state index is 2.50. The van der Waals surface area contributed by atoms with E-state index in [1.54, 1.807) is 0 Å². The van der Waals surface area contributed by atoms with Crippen LogP contribution in [0.3, 0.4) is 0 Å². The highest BCUT2D eigenvalue weighted by Crippen LogP contribution is 2.60. The lowest BCUT2D eigenvalue weighted by molar-refractivity contribution is 0.768. The predicted molar refractivity (Wildman–Crippen MR) is 311 cm³/mol. The number of hydrogen-bond acceptors (Lipinski definition) is 3. The Morgan fingerprint density at radius 2 is 0.662 bits per heavy atom. The number of rotatable bonds is 12. The maximum absolute atomic E-state index is 2.50. The van der Waals surface area contributed by atoms with E-state index in [4.69, 9.17) is 0 Å². The Hall–Kier alpha value is -9.70. The van der Waals surface area contributed by atoms with Gasteiger partial charge in [-0.1, -0.05) is 224 Å². The molecule has 0 aliphatic heterocycles. The third kappa shape index (κ3) is 7.71. The van der Waals surface area contributed by atoms with E-state index in [0.29, 0.717) is 0 Å². The van der Waals surface area contributed by atoms with Crippen molar-refractivity contribution in [2.45, 2.75) is 5.41 Å². The molecule has 12 aromatic carbocycles. The number of nitrogens with zero attached hydrogens (tertiary/aromatic N) is 3. The summed E-state index contributed by atoms with van der Waals surface area (Å²) in [4.78, 5) is 7.26. The van der Waals surface area contributed by atoms with E-state index in [2.05, 4.69) is 324 Å². The van der Waals surface area contributed by atoms with Crippen molar-refractivity contribution < 1.29 is 0 Å². The number of para-hydroxylation sites is 4. The van der Waals surface area contributed by atoms with Gasteiger partial charge in [0.15, 0.2) is 0 Å². The summed E-state index contributed by atoms with van der Waals surface area (Å²) in [5.74, 6) is 0. The zero-order valence-corrected chi connectivity index (χ0v) is 40.8. The van der Waals surface area contributed by atoms with Gasteiger partial charge in [0.05, 0.1) is 28.2 Å². The second kappa shape index (κ2) is 19.1. The zero-order valence-electron chi connectivity index (χ0n) is 40.8. The van der Waals surface area contributed by atoms with Crippen molar-refractivity contribution >= 4 is 62.0 Å². The molecule has 0 radical (unpaired) electrons. The molecule has 0 heterocycles. The molecular weight excluding hydrogens is 895 g/mol. The van der Waals surface area contributed by atoms with Gasteiger partial charge in [-0.15, -0.1) is 0 Å². The van der Waals surface area contributed by atoms with Gasteiger partial charge in [-0.05, 0) is 135 Å². The fourth-order valence-corrected chi connectivity index (χ4v) is 11.5. The first-order valence-electron chi connectivity index (χ1n) is 25.4. The van der Waals surface area contributed by atoms with Gasteiger partial charge in [0.2, 0.25) is 0 Å². The second-order valence-electron chi connectivity index (χ2n) is 18.9. The molecule has 12 aromatic rings. The average molecular weight is 946 g/mol. The van der Waals surface area contributed by atoms with Gasteiger partial charge in [-0.3, -0.25) is 0 Å². The van der Waals surface area contributed by atoms with E-state index >= 15 is 0 Å². The molecule has 13 rings (SSSR count). The monoisotopic (exact) mass is 945 g/mol. The first kappa shape index (κ1) is 44.3. The summed E-state index contributed by atoms with van der Waals surface area (Å²) in [6.45, 7) is 0. The lowest BCUT2D eigenvalue weighted by atomic mass is 9.67. The molecule has 0 unspecified atom stereocenters. The molecular formula is C71H51N3. The van der Waals surface area contributed by atoms with Crippen LogP contribution in [0.5, 0.6) is 0 Å². The van der Waals surface area contributed by atoms with Crippen molar-refractivity contribution in [1.29, 1.82) is 0 Å². The molecule has 1 aliphatic carbocycles. The highest BCUT2D eigenvalue weighted by molar-refractivity contribution is 6.02. The molecule has 0 bridgehead atoms. The van der Waals surface area contributed by atoms with Crippen LogP contribution in [0.4, 0.5) is 51.2 Å². The highest BCUT2D eigenvalue weighted by atomic mass is 15.2. The first-order valence-corrected chi connectivity index (χ1v) is 25.4. The van der Waals surface area contributed by atoms with E-state index in [1.807, 2.05) is 0 Å². The van der Waals surface area contributed by atoms with Crippen LogP contribution < -0.4 is 14.7 Å². The van der Waals surface area contributed by atoms with E-state index in [0.717, 1.165) is 56.6 Å². The van der Waals surface area contributed by atoms with Crippen LogP contribution >= 0.6 is 0 Å². The van der Waals surface area contributed by atoms with Crippen molar-refractivity contribution in [1.82, 2.24) is 0 Å². The molecule has 350 valence electrons. The van der Waals surface area contributed by atoms with Crippen LogP contribution in [0.1, 0.15) is 22.3 Å². The van der Waals surface area contributed by atoms with Crippen LogP contribution in [0.25, 0.3) is 33.0 Å². The normalized spacial score (nSPS) is 12.2. The fraction of sp³-hybridized carbons (Fsp3) is 0.0141. The summed E-state index contributed by atoms with van der Waals surface area (Å²) in [5, 5.41) is 2.32. The van der Waals surface area contributed by atoms with Crippen LogP contribution in [-0.2, 0) is 5.41 Å². The summed E-state index contributed by atoms with van der Waals surface area (Å²) < 4.78 is 0. The Balaban J connectivity index is 1.14. The molecule has 0 spiro atoms. The Kier molecular flexibility index (Phi) is 11.4. The summed E-state index contributed by atoms with van der Waals surface area (Å²) >= 11 is 0. The summed E-state index contributed by atoms with van der Waals surface area (Å²) in [5.41, 5.74) is 18.6. The molecule has 0 saturated carbocycles. The smallest absolute Gasteiger partial charge is 0.0714 e. The highest BCUT2D eigenvalue weighted by Gasteiger charge is 2.47. The predicted octanol–water partition coefficient (Wildman–Crippen LogP) is 19.3. The van der Waals surface area contributed by atoms with Gasteiger partial charge in [0.1, 0.15) is 0 Å². The molecule has 0 aromatic heterocycles. The molecule has 74 heavy (non-hydrogen) atoms. The van der Waals surface area contributed by atoms with Gasteiger partial charge < -0.3 is 14.7 Å². The Bertz CT molecular complexity index is 3660. The van der Waals surface area contributed by atoms with Crippen LogP contribution in [0.2, 0.25) is 0 Å². The maximum Gasteiger partial charge on any atom is 0.0714 e. The molecule has 3 heteroatoms. The Labute approximate surface area is 433 Å². The summed E-state index contributed by atoms with van der Waals surface area (Å²) in [7, 11) is 0. The van der Waals surface area contributed by atoms with E-state index < -0.39 is 5.41 Å². The molecule has 0 N–H and O–H groups in total. The fourth-order valence-electron chi connectivity index (χ4n) is 11.5. The average Bonchev–Trinajstić information content (AvgIpc) is 3.79. The zero-order chi connectivity index (χ0) is 49.3. The largest absolute Gasteiger partial charge is 0.310 e. The molecule has 3 nitrogen and oxygen atoms in total. The van der Waals surface area contributed by atoms with E-state index in [9.17, 15) is 0 Å². The van der Waals surface area contributed by atoms with Gasteiger partial charge >= 0.3 is 0 Å². The number of benzene rings is 12. The quantitative estimate of drug-likeness (QED) is 0.121. The Morgan fingerprint density at radius 1 is 0.243 bits per heavy atom. The van der Waals surface area contributed by atoms with Crippen molar-refractivity contribution in [3.63, 3.8) is 0 Å². The minimum Gasteiger partial charge on any atom is -0.310 e. The lowest BCUT2D eigenvalue weighted by Gasteiger charge is -2.35. The first-order chi connectivity index (χ1) is 36.7. The van der Waals surface area contributed by atoms with E-state index in [1.165, 1.54) is 49.9 Å². The summed E-state index contributed by atoms with van der Waals surface area (Å²) in [6.07, 6.45) is 0. The SMILES string of the molecule is c1ccc(-c2cccc3c2-c2ccc(N(c4cc(N(c5ccccc5)c5ccccc5)cc(N(c5ccccc5)c5ccccc5)c4)c4cccc5ccccc45)cc2C3(c2ccccc2)c2ccccc2)cc1. The standard InChI is InChI=1S/C71H51N3/c1-8-26-53(27-9-1)65-43-25-44-67-70(65)66-47-46-60(51-68(66)71(67,54-30-10-2-11-31-54)55-32-12-3-13-33-55)74(69-45-24-29-52-28-22-23-42-64(52)69)63-49-61(72(56-34-14-4-15-35-56)57-36-16-5-17-37-57)48-62(50-63)73(58-38-18-6-19-39-58)59-40-20-7-21-41-59/h1-51H. The number of anilines is 9. The number of fused-ring (bicyclic) bond motifs is 4. The second-order valence-corrected chi connectivity index (χ2v) is 18.9. The van der Waals surface area contributed by atoms with Gasteiger partial charge in [0, 0.05) is 33.8 Å². The van der Waals surface area contributed by atoms with Gasteiger partial charge in [-0.25, -0.2) is 0 Å². The minimum absolute atomic E-state index is 0.653. The summed E-state index contributed by atoms with van der Waals surface area (Å²) in [6, 6.07) is 113. The van der Waals surface area contributed by atoms with Gasteiger partial charge in [0.25, 0.3) is 0 Å². The topological polar surface area (TPSA) is 9.72 Å². The minimum atomic E-state index is -0.653. The third-order valence-electron chi connectivity index (χ3n) is 14.6. The number of hydrogen-bond donors (Lipinski definition) is 0. The van der Waals surface area contributed by atoms with Crippen molar-refractivity contribution in [3.05, 3.63) is 332 Å². The van der Waals surface area contributed by atoms with Gasteiger partial charge in [-0.2, -0.15) is 0 Å². The van der Waals surface area contributed by atoms with Crippen LogP contribution in [0.15, 0.2) is 309 Å². The van der Waals surface area contributed by atoms with Crippen molar-refractivity contribution in [3.8, 4) is 22.3 Å². The molecule has 0 saturated heterocycles. The van der Waals surface area contributed by atoms with Crippen molar-refractivity contribution in [2.24, 2.45) is 0 Å². The molecule has 0 fully saturated rings. The Morgan fingerprint density at radius 3 is 1.18 bits per heavy atom.